The van der Waals surface area contributed by atoms with Crippen molar-refractivity contribution in [2.45, 2.75) is 26.2 Å². The van der Waals surface area contributed by atoms with Gasteiger partial charge in [-0.1, -0.05) is 48.5 Å². The summed E-state index contributed by atoms with van der Waals surface area (Å²) in [5.41, 5.74) is 1.74. The lowest BCUT2D eigenvalue weighted by molar-refractivity contribution is -0.129. The van der Waals surface area contributed by atoms with E-state index in [-0.39, 0.29) is 19.0 Å². The highest BCUT2D eigenvalue weighted by atomic mass is 19.1. The topological polar surface area (TPSA) is 64.6 Å². The molecule has 0 aromatic heterocycles. The molecular formula is C24H22FNO4. The fraction of sp³-hybridized carbons (Fsp3) is 0.167. The molecule has 154 valence electrons. The fourth-order valence-electron chi connectivity index (χ4n) is 2.74. The van der Waals surface area contributed by atoms with E-state index >= 15 is 0 Å². The molecule has 0 spiro atoms. The molecule has 6 heteroatoms. The molecule has 0 saturated carbocycles. The molecule has 3 rings (SSSR count). The van der Waals surface area contributed by atoms with Crippen molar-refractivity contribution in [2.24, 2.45) is 0 Å². The third-order valence-corrected chi connectivity index (χ3v) is 4.41. The van der Waals surface area contributed by atoms with Crippen molar-refractivity contribution in [1.29, 1.82) is 0 Å². The van der Waals surface area contributed by atoms with Crippen LogP contribution in [0.4, 0.5) is 4.39 Å². The number of rotatable bonds is 8. The minimum atomic E-state index is -0.985. The van der Waals surface area contributed by atoms with Gasteiger partial charge in [-0.3, -0.25) is 4.79 Å². The molecule has 0 unspecified atom stereocenters. The zero-order valence-electron chi connectivity index (χ0n) is 16.5. The van der Waals surface area contributed by atoms with Crippen LogP contribution in [0.15, 0.2) is 78.9 Å². The summed E-state index contributed by atoms with van der Waals surface area (Å²) in [7, 11) is 0. The lowest BCUT2D eigenvalue weighted by Gasteiger charge is -2.15. The summed E-state index contributed by atoms with van der Waals surface area (Å²) in [6.07, 6.45) is -0.985. The summed E-state index contributed by atoms with van der Waals surface area (Å²) in [6.45, 7) is 1.91. The molecule has 3 aromatic rings. The summed E-state index contributed by atoms with van der Waals surface area (Å²) in [5, 5.41) is 2.67. The monoisotopic (exact) mass is 407 g/mol. The average Bonchev–Trinajstić information content (AvgIpc) is 2.78. The van der Waals surface area contributed by atoms with Gasteiger partial charge >= 0.3 is 5.97 Å². The Balaban J connectivity index is 1.56. The summed E-state index contributed by atoms with van der Waals surface area (Å²) >= 11 is 0. The van der Waals surface area contributed by atoms with Gasteiger partial charge in [0, 0.05) is 12.1 Å². The van der Waals surface area contributed by atoms with Crippen molar-refractivity contribution in [1.82, 2.24) is 5.32 Å². The summed E-state index contributed by atoms with van der Waals surface area (Å²) in [5.74, 6) is -0.700. The number of nitrogens with one attached hydrogen (secondary N) is 1. The molecule has 0 saturated heterocycles. The van der Waals surface area contributed by atoms with E-state index in [0.29, 0.717) is 16.9 Å². The van der Waals surface area contributed by atoms with Gasteiger partial charge in [-0.25, -0.2) is 9.18 Å². The van der Waals surface area contributed by atoms with E-state index in [1.807, 2.05) is 30.3 Å². The molecule has 30 heavy (non-hydrogen) atoms. The van der Waals surface area contributed by atoms with Crippen molar-refractivity contribution in [3.8, 4) is 5.75 Å². The largest absolute Gasteiger partial charge is 0.489 e. The third-order valence-electron chi connectivity index (χ3n) is 4.41. The highest BCUT2D eigenvalue weighted by Crippen LogP contribution is 2.16. The van der Waals surface area contributed by atoms with Crippen molar-refractivity contribution in [2.75, 3.05) is 0 Å². The highest BCUT2D eigenvalue weighted by molar-refractivity contribution is 5.93. The van der Waals surface area contributed by atoms with Crippen molar-refractivity contribution >= 4 is 11.9 Å². The molecule has 3 aromatic carbocycles. The number of halogens is 1. The van der Waals surface area contributed by atoms with Gasteiger partial charge in [-0.05, 0) is 42.8 Å². The molecular weight excluding hydrogens is 385 g/mol. The molecule has 1 atom stereocenters. The first-order chi connectivity index (χ1) is 14.5. The van der Waals surface area contributed by atoms with E-state index in [2.05, 4.69) is 5.32 Å². The minimum Gasteiger partial charge on any atom is -0.489 e. The molecule has 5 nitrogen and oxygen atoms in total. The maximum Gasteiger partial charge on any atom is 0.339 e. The Kier molecular flexibility index (Phi) is 7.16. The van der Waals surface area contributed by atoms with Gasteiger partial charge in [0.1, 0.15) is 18.2 Å². The number of esters is 1. The van der Waals surface area contributed by atoms with E-state index in [4.69, 9.17) is 9.47 Å². The third kappa shape index (κ3) is 5.91. The summed E-state index contributed by atoms with van der Waals surface area (Å²) < 4.78 is 24.0. The van der Waals surface area contributed by atoms with Gasteiger partial charge in [0.15, 0.2) is 6.10 Å². The Hall–Kier alpha value is -3.67. The second-order valence-corrected chi connectivity index (χ2v) is 6.65. The molecule has 0 aliphatic rings. The number of benzene rings is 3. The number of hydrogen-bond acceptors (Lipinski definition) is 4. The van der Waals surface area contributed by atoms with E-state index in [1.54, 1.807) is 36.4 Å². The molecule has 0 radical (unpaired) electrons. The Morgan fingerprint density at radius 1 is 0.933 bits per heavy atom. The van der Waals surface area contributed by atoms with E-state index in [9.17, 15) is 14.0 Å². The van der Waals surface area contributed by atoms with Crippen LogP contribution >= 0.6 is 0 Å². The lowest BCUT2D eigenvalue weighted by Crippen LogP contribution is -2.35. The predicted molar refractivity (Wildman–Crippen MR) is 110 cm³/mol. The fourth-order valence-corrected chi connectivity index (χ4v) is 2.74. The van der Waals surface area contributed by atoms with Gasteiger partial charge in [0.25, 0.3) is 5.91 Å². The Morgan fingerprint density at radius 2 is 1.60 bits per heavy atom. The highest BCUT2D eigenvalue weighted by Gasteiger charge is 2.20. The van der Waals surface area contributed by atoms with Gasteiger partial charge in [-0.15, -0.1) is 0 Å². The van der Waals surface area contributed by atoms with E-state index in [1.165, 1.54) is 19.1 Å². The number of carbonyl (C=O) groups is 2. The van der Waals surface area contributed by atoms with E-state index in [0.717, 1.165) is 5.56 Å². The quantitative estimate of drug-likeness (QED) is 0.567. The molecule has 1 N–H and O–H groups in total. The maximum absolute atomic E-state index is 12.9. The number of carbonyl (C=O) groups excluding carboxylic acids is 2. The van der Waals surface area contributed by atoms with Crippen molar-refractivity contribution < 1.29 is 23.5 Å². The average molecular weight is 407 g/mol. The van der Waals surface area contributed by atoms with Crippen LogP contribution in [0.3, 0.4) is 0 Å². The normalized spacial score (nSPS) is 11.4. The first kappa shape index (κ1) is 21.0. The van der Waals surface area contributed by atoms with Gasteiger partial charge in [0.2, 0.25) is 0 Å². The second-order valence-electron chi connectivity index (χ2n) is 6.65. The van der Waals surface area contributed by atoms with Crippen LogP contribution in [0, 0.1) is 5.82 Å². The van der Waals surface area contributed by atoms with Gasteiger partial charge in [0.05, 0.1) is 5.56 Å². The van der Waals surface area contributed by atoms with Gasteiger partial charge in [-0.2, -0.15) is 0 Å². The predicted octanol–water partition coefficient (Wildman–Crippen LogP) is 4.27. The standard InChI is InChI=1S/C24H22FNO4/c1-17(23(27)26-15-18-11-13-20(25)14-12-18)30-24(28)22-10-6-5-7-19(22)16-29-21-8-3-2-4-9-21/h2-14,17H,15-16H2,1H3,(H,26,27)/t17-/m0/s1. The first-order valence-electron chi connectivity index (χ1n) is 9.52. The van der Waals surface area contributed by atoms with Crippen LogP contribution < -0.4 is 10.1 Å². The number of ether oxygens (including phenoxy) is 2. The lowest BCUT2D eigenvalue weighted by atomic mass is 10.1. The van der Waals surface area contributed by atoms with Crippen LogP contribution in [0.2, 0.25) is 0 Å². The molecule has 0 aliphatic heterocycles. The molecule has 0 aliphatic carbocycles. The number of para-hydroxylation sites is 1. The Morgan fingerprint density at radius 3 is 2.33 bits per heavy atom. The summed E-state index contributed by atoms with van der Waals surface area (Å²) in [6, 6.07) is 22.0. The van der Waals surface area contributed by atoms with Crippen LogP contribution in [0.5, 0.6) is 5.75 Å². The van der Waals surface area contributed by atoms with Crippen LogP contribution in [-0.2, 0) is 22.7 Å². The molecule has 0 bridgehead atoms. The zero-order chi connectivity index (χ0) is 21.3. The summed E-state index contributed by atoms with van der Waals surface area (Å²) in [4.78, 5) is 24.9. The zero-order valence-corrected chi connectivity index (χ0v) is 16.5. The SMILES string of the molecule is C[C@H](OC(=O)c1ccccc1COc1ccccc1)C(=O)NCc1ccc(F)cc1. The van der Waals surface area contributed by atoms with Crippen molar-refractivity contribution in [3.63, 3.8) is 0 Å². The number of amides is 1. The van der Waals surface area contributed by atoms with Crippen LogP contribution in [0.25, 0.3) is 0 Å². The molecule has 1 amide bonds. The van der Waals surface area contributed by atoms with E-state index < -0.39 is 18.0 Å². The van der Waals surface area contributed by atoms with Crippen LogP contribution in [0.1, 0.15) is 28.4 Å². The second kappa shape index (κ2) is 10.2. The minimum absolute atomic E-state index is 0.195. The molecule has 0 fully saturated rings. The first-order valence-corrected chi connectivity index (χ1v) is 9.52. The van der Waals surface area contributed by atoms with Crippen LogP contribution in [-0.4, -0.2) is 18.0 Å². The maximum atomic E-state index is 12.9. The smallest absolute Gasteiger partial charge is 0.339 e. The molecule has 0 heterocycles. The van der Waals surface area contributed by atoms with Crippen molar-refractivity contribution in [3.05, 3.63) is 101 Å². The van der Waals surface area contributed by atoms with Gasteiger partial charge < -0.3 is 14.8 Å². The Bertz CT molecular complexity index is 990. The number of hydrogen-bond donors (Lipinski definition) is 1. The Labute approximate surface area is 174 Å².